The molecule has 2 rings (SSSR count). The van der Waals surface area contributed by atoms with E-state index in [1.54, 1.807) is 13.0 Å². The highest BCUT2D eigenvalue weighted by Gasteiger charge is 2.27. The Morgan fingerprint density at radius 3 is 2.53 bits per heavy atom. The number of hydrogen-bond donors (Lipinski definition) is 2. The van der Waals surface area contributed by atoms with Crippen LogP contribution < -0.4 is 10.5 Å². The van der Waals surface area contributed by atoms with E-state index in [1.807, 2.05) is 0 Å². The zero-order valence-electron chi connectivity index (χ0n) is 11.0. The van der Waals surface area contributed by atoms with Gasteiger partial charge >= 0.3 is 0 Å². The van der Waals surface area contributed by atoms with Crippen LogP contribution in [0.25, 0.3) is 0 Å². The first kappa shape index (κ1) is 14.0. The van der Waals surface area contributed by atoms with Crippen LogP contribution in [0.5, 0.6) is 0 Å². The number of benzene rings is 1. The molecule has 0 saturated heterocycles. The molecule has 0 aromatic heterocycles. The second-order valence-corrected chi connectivity index (χ2v) is 6.83. The molecule has 0 bridgehead atoms. The third-order valence-electron chi connectivity index (χ3n) is 3.49. The number of amides is 1. The first-order valence-electron chi connectivity index (χ1n) is 6.21. The van der Waals surface area contributed by atoms with Crippen LogP contribution >= 0.6 is 0 Å². The van der Waals surface area contributed by atoms with Crippen molar-refractivity contribution in [1.29, 1.82) is 0 Å². The Labute approximate surface area is 113 Å². The third-order valence-corrected chi connectivity index (χ3v) is 4.40. The molecule has 1 aliphatic carbocycles. The summed E-state index contributed by atoms with van der Waals surface area (Å²) in [5, 5.41) is 7.98. The van der Waals surface area contributed by atoms with Gasteiger partial charge in [0.05, 0.1) is 4.90 Å². The van der Waals surface area contributed by atoms with E-state index in [9.17, 15) is 13.2 Å². The molecule has 0 heterocycles. The zero-order valence-corrected chi connectivity index (χ0v) is 11.8. The second kappa shape index (κ2) is 4.94. The molecule has 1 aliphatic rings. The summed E-state index contributed by atoms with van der Waals surface area (Å²) in [5.41, 5.74) is 1.10. The summed E-state index contributed by atoms with van der Waals surface area (Å²) in [6.07, 6.45) is 1.94. The van der Waals surface area contributed by atoms with E-state index in [2.05, 4.69) is 12.2 Å². The van der Waals surface area contributed by atoms with Crippen LogP contribution in [0.1, 0.15) is 35.7 Å². The molecule has 1 aromatic carbocycles. The van der Waals surface area contributed by atoms with Crippen LogP contribution in [0.2, 0.25) is 0 Å². The average Bonchev–Trinajstić information content (AvgIpc) is 2.25. The molecule has 0 spiro atoms. The van der Waals surface area contributed by atoms with E-state index in [4.69, 9.17) is 5.14 Å². The minimum atomic E-state index is -3.78. The summed E-state index contributed by atoms with van der Waals surface area (Å²) in [6, 6.07) is 4.53. The van der Waals surface area contributed by atoms with Gasteiger partial charge in [-0.3, -0.25) is 4.79 Å². The van der Waals surface area contributed by atoms with E-state index in [1.165, 1.54) is 12.1 Å². The van der Waals surface area contributed by atoms with Crippen molar-refractivity contribution in [2.75, 3.05) is 0 Å². The number of sulfonamides is 1. The number of rotatable bonds is 3. The normalized spacial score (nSPS) is 22.7. The van der Waals surface area contributed by atoms with Gasteiger partial charge in [0.1, 0.15) is 0 Å². The maximum Gasteiger partial charge on any atom is 0.251 e. The highest BCUT2D eigenvalue weighted by atomic mass is 32.2. The molecule has 6 heteroatoms. The van der Waals surface area contributed by atoms with Gasteiger partial charge in [-0.05, 0) is 43.4 Å². The molecule has 0 unspecified atom stereocenters. The highest BCUT2D eigenvalue weighted by molar-refractivity contribution is 7.89. The number of nitrogens with one attached hydrogen (secondary N) is 1. The van der Waals surface area contributed by atoms with E-state index >= 15 is 0 Å². The van der Waals surface area contributed by atoms with Crippen molar-refractivity contribution in [1.82, 2.24) is 5.32 Å². The summed E-state index contributed by atoms with van der Waals surface area (Å²) in [6.45, 7) is 3.90. The molecule has 0 radical (unpaired) electrons. The standard InChI is InChI=1S/C13H18N2O3S/c1-8-5-10(6-8)15-13(16)12-7-11(19(14,17)18)4-3-9(12)2/h3-4,7-8,10H,5-6H2,1-2H3,(H,15,16)(H2,14,17,18). The van der Waals surface area contributed by atoms with Crippen LogP contribution in [-0.4, -0.2) is 20.4 Å². The van der Waals surface area contributed by atoms with Gasteiger partial charge in [0.15, 0.2) is 0 Å². The Morgan fingerprint density at radius 1 is 1.37 bits per heavy atom. The molecule has 1 amide bonds. The molecule has 104 valence electrons. The maximum atomic E-state index is 12.1. The lowest BCUT2D eigenvalue weighted by atomic mass is 9.82. The van der Waals surface area contributed by atoms with Gasteiger partial charge in [-0.25, -0.2) is 13.6 Å². The van der Waals surface area contributed by atoms with Crippen LogP contribution in [-0.2, 0) is 10.0 Å². The molecule has 1 fully saturated rings. The van der Waals surface area contributed by atoms with E-state index in [-0.39, 0.29) is 16.8 Å². The fourth-order valence-electron chi connectivity index (χ4n) is 2.31. The van der Waals surface area contributed by atoms with Crippen molar-refractivity contribution >= 4 is 15.9 Å². The van der Waals surface area contributed by atoms with Crippen molar-refractivity contribution in [2.45, 2.75) is 37.6 Å². The second-order valence-electron chi connectivity index (χ2n) is 5.27. The van der Waals surface area contributed by atoms with Crippen molar-refractivity contribution in [3.63, 3.8) is 0 Å². The molecule has 1 aromatic rings. The summed E-state index contributed by atoms with van der Waals surface area (Å²) in [5.74, 6) is 0.405. The lowest BCUT2D eigenvalue weighted by Crippen LogP contribution is -2.43. The number of carbonyl (C=O) groups is 1. The summed E-state index contributed by atoms with van der Waals surface area (Å²) in [4.78, 5) is 12.1. The number of primary sulfonamides is 1. The fourth-order valence-corrected chi connectivity index (χ4v) is 2.85. The Hall–Kier alpha value is -1.40. The van der Waals surface area contributed by atoms with Gasteiger partial charge in [-0.2, -0.15) is 0 Å². The van der Waals surface area contributed by atoms with Gasteiger partial charge in [-0.15, -0.1) is 0 Å². The molecular weight excluding hydrogens is 264 g/mol. The van der Waals surface area contributed by atoms with Crippen LogP contribution in [0.15, 0.2) is 23.1 Å². The van der Waals surface area contributed by atoms with Crippen LogP contribution in [0.4, 0.5) is 0 Å². The van der Waals surface area contributed by atoms with Crippen LogP contribution in [0, 0.1) is 12.8 Å². The van der Waals surface area contributed by atoms with Crippen LogP contribution in [0.3, 0.4) is 0 Å². The van der Waals surface area contributed by atoms with Crippen molar-refractivity contribution in [3.8, 4) is 0 Å². The lowest BCUT2D eigenvalue weighted by molar-refractivity contribution is 0.0895. The predicted molar refractivity (Wildman–Crippen MR) is 72.2 cm³/mol. The minimum Gasteiger partial charge on any atom is -0.349 e. The van der Waals surface area contributed by atoms with E-state index in [0.717, 1.165) is 18.4 Å². The monoisotopic (exact) mass is 282 g/mol. The predicted octanol–water partition coefficient (Wildman–Crippen LogP) is 1.17. The number of nitrogens with two attached hydrogens (primary N) is 1. The SMILES string of the molecule is Cc1ccc(S(N)(=O)=O)cc1C(=O)NC1CC(C)C1. The summed E-state index contributed by atoms with van der Waals surface area (Å²) >= 11 is 0. The number of hydrogen-bond acceptors (Lipinski definition) is 3. The summed E-state index contributed by atoms with van der Waals surface area (Å²) in [7, 11) is -3.78. The fraction of sp³-hybridized carbons (Fsp3) is 0.462. The Morgan fingerprint density at radius 2 is 2.00 bits per heavy atom. The van der Waals surface area contributed by atoms with Crippen molar-refractivity contribution in [2.24, 2.45) is 11.1 Å². The average molecular weight is 282 g/mol. The lowest BCUT2D eigenvalue weighted by Gasteiger charge is -2.33. The quantitative estimate of drug-likeness (QED) is 0.872. The first-order chi connectivity index (χ1) is 8.77. The van der Waals surface area contributed by atoms with E-state index in [0.29, 0.717) is 11.5 Å². The molecule has 3 N–H and O–H groups in total. The largest absolute Gasteiger partial charge is 0.349 e. The van der Waals surface area contributed by atoms with Gasteiger partial charge in [0.2, 0.25) is 10.0 Å². The van der Waals surface area contributed by atoms with Gasteiger partial charge in [0, 0.05) is 11.6 Å². The molecule has 0 atom stereocenters. The Bertz CT molecular complexity index is 604. The van der Waals surface area contributed by atoms with E-state index < -0.39 is 10.0 Å². The third kappa shape index (κ3) is 3.13. The smallest absolute Gasteiger partial charge is 0.251 e. The van der Waals surface area contributed by atoms with Gasteiger partial charge in [0.25, 0.3) is 5.91 Å². The summed E-state index contributed by atoms with van der Waals surface area (Å²) < 4.78 is 22.6. The Kier molecular flexibility index (Phi) is 3.64. The molecular formula is C13H18N2O3S. The van der Waals surface area contributed by atoms with Gasteiger partial charge < -0.3 is 5.32 Å². The Balaban J connectivity index is 2.21. The number of carbonyl (C=O) groups excluding carboxylic acids is 1. The number of aryl methyl sites for hydroxylation is 1. The zero-order chi connectivity index (χ0) is 14.2. The van der Waals surface area contributed by atoms with Gasteiger partial charge in [-0.1, -0.05) is 13.0 Å². The molecule has 19 heavy (non-hydrogen) atoms. The highest BCUT2D eigenvalue weighted by Crippen LogP contribution is 2.26. The van der Waals surface area contributed by atoms with Crippen molar-refractivity contribution in [3.05, 3.63) is 29.3 Å². The molecule has 5 nitrogen and oxygen atoms in total. The van der Waals surface area contributed by atoms with Crippen molar-refractivity contribution < 1.29 is 13.2 Å². The topological polar surface area (TPSA) is 89.3 Å². The molecule has 1 saturated carbocycles. The first-order valence-corrected chi connectivity index (χ1v) is 7.76. The molecule has 0 aliphatic heterocycles. The maximum absolute atomic E-state index is 12.1. The minimum absolute atomic E-state index is 0.0368.